The third kappa shape index (κ3) is 5.64. The van der Waals surface area contributed by atoms with Gasteiger partial charge in [-0.25, -0.2) is 0 Å². The molecule has 1 unspecified atom stereocenters. The summed E-state index contributed by atoms with van der Waals surface area (Å²) in [5, 5.41) is 2.74. The molecule has 1 atom stereocenters. The number of esters is 1. The van der Waals surface area contributed by atoms with E-state index in [-0.39, 0.29) is 6.42 Å². The molecule has 28 heavy (non-hydrogen) atoms. The van der Waals surface area contributed by atoms with Gasteiger partial charge in [0.05, 0.1) is 20.6 Å². The van der Waals surface area contributed by atoms with Crippen LogP contribution >= 0.6 is 0 Å². The summed E-state index contributed by atoms with van der Waals surface area (Å²) in [6.45, 7) is 1.53. The number of rotatable bonds is 8. The van der Waals surface area contributed by atoms with Crippen LogP contribution in [0.3, 0.4) is 0 Å². The van der Waals surface area contributed by atoms with Crippen molar-refractivity contribution in [2.45, 2.75) is 19.4 Å². The first-order valence-electron chi connectivity index (χ1n) is 8.82. The van der Waals surface area contributed by atoms with Gasteiger partial charge in [0, 0.05) is 37.1 Å². The van der Waals surface area contributed by atoms with Gasteiger partial charge in [-0.3, -0.25) is 9.59 Å². The molecule has 2 rings (SSSR count). The van der Waals surface area contributed by atoms with E-state index in [1.807, 2.05) is 31.1 Å². The standard InChI is InChI=1S/C21H26N2O5/c1-14(21(25)22-16-7-9-17(10-8-16)23(2)3)28-20(24)12-15-6-11-18(26-4)13-19(15)27-5/h6-11,13-14H,12H2,1-5H3,(H,22,25). The molecule has 2 aromatic rings. The lowest BCUT2D eigenvalue weighted by Gasteiger charge is -2.16. The molecule has 1 amide bonds. The number of ether oxygens (including phenoxy) is 3. The fourth-order valence-electron chi connectivity index (χ4n) is 2.53. The van der Waals surface area contributed by atoms with Gasteiger partial charge >= 0.3 is 5.97 Å². The molecular formula is C21H26N2O5. The maximum atomic E-state index is 12.3. The maximum absolute atomic E-state index is 12.3. The molecule has 0 saturated heterocycles. The lowest BCUT2D eigenvalue weighted by atomic mass is 10.1. The van der Waals surface area contributed by atoms with Crippen LogP contribution in [0.5, 0.6) is 11.5 Å². The van der Waals surface area contributed by atoms with E-state index in [9.17, 15) is 9.59 Å². The number of hydrogen-bond donors (Lipinski definition) is 1. The summed E-state index contributed by atoms with van der Waals surface area (Å²) < 4.78 is 15.7. The fraction of sp³-hybridized carbons (Fsp3) is 0.333. The summed E-state index contributed by atoms with van der Waals surface area (Å²) in [5.41, 5.74) is 2.31. The van der Waals surface area contributed by atoms with E-state index in [1.54, 1.807) is 37.4 Å². The van der Waals surface area contributed by atoms with E-state index in [0.29, 0.717) is 22.7 Å². The Morgan fingerprint density at radius 3 is 2.29 bits per heavy atom. The van der Waals surface area contributed by atoms with E-state index in [2.05, 4.69) is 5.32 Å². The second-order valence-corrected chi connectivity index (χ2v) is 6.42. The van der Waals surface area contributed by atoms with Crippen LogP contribution in [0.2, 0.25) is 0 Å². The Morgan fingerprint density at radius 1 is 1.04 bits per heavy atom. The molecule has 0 heterocycles. The van der Waals surface area contributed by atoms with Crippen LogP contribution in [-0.2, 0) is 20.7 Å². The lowest BCUT2D eigenvalue weighted by molar-refractivity contribution is -0.152. The summed E-state index contributed by atoms with van der Waals surface area (Å²) in [7, 11) is 6.94. The normalized spacial score (nSPS) is 11.3. The number of anilines is 2. The number of nitrogens with zero attached hydrogens (tertiary/aromatic N) is 1. The Kier molecular flexibility index (Phi) is 7.26. The molecule has 0 aromatic heterocycles. The quantitative estimate of drug-likeness (QED) is 0.703. The first-order chi connectivity index (χ1) is 13.3. The number of carbonyl (C=O) groups excluding carboxylic acids is 2. The van der Waals surface area contributed by atoms with Gasteiger partial charge in [-0.1, -0.05) is 6.07 Å². The van der Waals surface area contributed by atoms with Crippen molar-refractivity contribution >= 4 is 23.3 Å². The first-order valence-corrected chi connectivity index (χ1v) is 8.82. The maximum Gasteiger partial charge on any atom is 0.311 e. The zero-order chi connectivity index (χ0) is 20.7. The van der Waals surface area contributed by atoms with E-state index in [1.165, 1.54) is 14.0 Å². The van der Waals surface area contributed by atoms with Crippen LogP contribution in [0.4, 0.5) is 11.4 Å². The number of hydrogen-bond acceptors (Lipinski definition) is 6. The molecule has 0 saturated carbocycles. The highest BCUT2D eigenvalue weighted by molar-refractivity contribution is 5.95. The predicted octanol–water partition coefficient (Wildman–Crippen LogP) is 2.88. The average molecular weight is 386 g/mol. The molecule has 0 aliphatic carbocycles. The zero-order valence-corrected chi connectivity index (χ0v) is 16.8. The lowest BCUT2D eigenvalue weighted by Crippen LogP contribution is -2.30. The van der Waals surface area contributed by atoms with Gasteiger partial charge in [-0.2, -0.15) is 0 Å². The first kappa shape index (κ1) is 21.1. The second kappa shape index (κ2) is 9.64. The Hall–Kier alpha value is -3.22. The van der Waals surface area contributed by atoms with E-state index >= 15 is 0 Å². The zero-order valence-electron chi connectivity index (χ0n) is 16.8. The second-order valence-electron chi connectivity index (χ2n) is 6.42. The highest BCUT2D eigenvalue weighted by Gasteiger charge is 2.19. The van der Waals surface area contributed by atoms with Crippen molar-refractivity contribution in [3.05, 3.63) is 48.0 Å². The van der Waals surface area contributed by atoms with Gasteiger partial charge in [0.1, 0.15) is 11.5 Å². The summed E-state index contributed by atoms with van der Waals surface area (Å²) in [6, 6.07) is 12.5. The highest BCUT2D eigenvalue weighted by Crippen LogP contribution is 2.25. The summed E-state index contributed by atoms with van der Waals surface area (Å²) in [6.07, 6.45) is -0.937. The minimum atomic E-state index is -0.926. The van der Waals surface area contributed by atoms with Crippen molar-refractivity contribution in [1.29, 1.82) is 0 Å². The molecule has 7 heteroatoms. The molecule has 0 fully saturated rings. The minimum absolute atomic E-state index is 0.0116. The summed E-state index contributed by atoms with van der Waals surface area (Å²) >= 11 is 0. The predicted molar refractivity (Wildman–Crippen MR) is 108 cm³/mol. The average Bonchev–Trinajstić information content (AvgIpc) is 2.68. The van der Waals surface area contributed by atoms with Gasteiger partial charge in [0.2, 0.25) is 0 Å². The van der Waals surface area contributed by atoms with Gasteiger partial charge in [0.25, 0.3) is 5.91 Å². The molecule has 1 N–H and O–H groups in total. The monoisotopic (exact) mass is 386 g/mol. The third-order valence-corrected chi connectivity index (χ3v) is 4.16. The van der Waals surface area contributed by atoms with Crippen LogP contribution < -0.4 is 19.7 Å². The number of carbonyl (C=O) groups is 2. The molecule has 0 bridgehead atoms. The Balaban J connectivity index is 1.93. The van der Waals surface area contributed by atoms with Crippen molar-refractivity contribution in [1.82, 2.24) is 0 Å². The van der Waals surface area contributed by atoms with Crippen LogP contribution in [0.25, 0.3) is 0 Å². The van der Waals surface area contributed by atoms with E-state index in [4.69, 9.17) is 14.2 Å². The topological polar surface area (TPSA) is 77.1 Å². The molecule has 0 radical (unpaired) electrons. The van der Waals surface area contributed by atoms with Crippen molar-refractivity contribution in [2.75, 3.05) is 38.5 Å². The van der Waals surface area contributed by atoms with E-state index in [0.717, 1.165) is 5.69 Å². The SMILES string of the molecule is COc1ccc(CC(=O)OC(C)C(=O)Nc2ccc(N(C)C)cc2)c(OC)c1. The van der Waals surface area contributed by atoms with Crippen LogP contribution in [0, 0.1) is 0 Å². The summed E-state index contributed by atoms with van der Waals surface area (Å²) in [5.74, 6) is 0.234. The Labute approximate surface area is 165 Å². The fourth-order valence-corrected chi connectivity index (χ4v) is 2.53. The smallest absolute Gasteiger partial charge is 0.311 e. The van der Waals surface area contributed by atoms with Gasteiger partial charge in [0.15, 0.2) is 6.10 Å². The number of methoxy groups -OCH3 is 2. The van der Waals surface area contributed by atoms with Crippen molar-refractivity contribution in [2.24, 2.45) is 0 Å². The molecule has 0 aliphatic rings. The third-order valence-electron chi connectivity index (χ3n) is 4.16. The highest BCUT2D eigenvalue weighted by atomic mass is 16.5. The molecule has 0 spiro atoms. The molecule has 0 aliphatic heterocycles. The number of nitrogens with one attached hydrogen (secondary N) is 1. The minimum Gasteiger partial charge on any atom is -0.497 e. The summed E-state index contributed by atoms with van der Waals surface area (Å²) in [4.78, 5) is 26.5. The van der Waals surface area contributed by atoms with Gasteiger partial charge in [-0.15, -0.1) is 0 Å². The van der Waals surface area contributed by atoms with Crippen LogP contribution in [-0.4, -0.2) is 46.3 Å². The molecular weight excluding hydrogens is 360 g/mol. The largest absolute Gasteiger partial charge is 0.497 e. The Morgan fingerprint density at radius 2 is 1.71 bits per heavy atom. The molecule has 2 aromatic carbocycles. The van der Waals surface area contributed by atoms with Crippen LogP contribution in [0.1, 0.15) is 12.5 Å². The van der Waals surface area contributed by atoms with Gasteiger partial charge in [-0.05, 0) is 37.3 Å². The molecule has 150 valence electrons. The number of amides is 1. The van der Waals surface area contributed by atoms with Crippen LogP contribution in [0.15, 0.2) is 42.5 Å². The van der Waals surface area contributed by atoms with Crippen molar-refractivity contribution in [3.8, 4) is 11.5 Å². The van der Waals surface area contributed by atoms with Crippen molar-refractivity contribution in [3.63, 3.8) is 0 Å². The Bertz CT molecular complexity index is 818. The number of benzene rings is 2. The van der Waals surface area contributed by atoms with Crippen molar-refractivity contribution < 1.29 is 23.8 Å². The van der Waals surface area contributed by atoms with E-state index < -0.39 is 18.0 Å². The van der Waals surface area contributed by atoms with Gasteiger partial charge < -0.3 is 24.4 Å². The molecule has 7 nitrogen and oxygen atoms in total.